The van der Waals surface area contributed by atoms with Gasteiger partial charge in [0, 0.05) is 17.0 Å². The summed E-state index contributed by atoms with van der Waals surface area (Å²) in [5, 5.41) is 3.62. The normalized spacial score (nSPS) is 18.8. The van der Waals surface area contributed by atoms with Crippen LogP contribution in [0.5, 0.6) is 5.75 Å². The summed E-state index contributed by atoms with van der Waals surface area (Å²) >= 11 is 0. The monoisotopic (exact) mass is 261 g/mol. The molecule has 19 heavy (non-hydrogen) atoms. The first-order valence-electron chi connectivity index (χ1n) is 7.26. The molecule has 1 aliphatic heterocycles. The van der Waals surface area contributed by atoms with Crippen molar-refractivity contribution in [1.82, 2.24) is 5.32 Å². The summed E-state index contributed by atoms with van der Waals surface area (Å²) in [5.41, 5.74) is 3.04. The van der Waals surface area contributed by atoms with E-state index in [1.165, 1.54) is 11.1 Å². The van der Waals surface area contributed by atoms with Crippen LogP contribution in [0.3, 0.4) is 0 Å². The molecule has 1 atom stereocenters. The summed E-state index contributed by atoms with van der Waals surface area (Å²) in [4.78, 5) is 0. The van der Waals surface area contributed by atoms with E-state index in [2.05, 4.69) is 65.1 Å². The van der Waals surface area contributed by atoms with Gasteiger partial charge in [0.05, 0.1) is 6.61 Å². The smallest absolute Gasteiger partial charge is 0.123 e. The summed E-state index contributed by atoms with van der Waals surface area (Å²) in [6.07, 6.45) is 0. The third kappa shape index (κ3) is 2.79. The van der Waals surface area contributed by atoms with E-state index in [1.807, 2.05) is 0 Å². The van der Waals surface area contributed by atoms with Gasteiger partial charge in [0.15, 0.2) is 0 Å². The average molecular weight is 261 g/mol. The molecular weight excluding hydrogens is 234 g/mol. The molecule has 1 unspecified atom stereocenters. The van der Waals surface area contributed by atoms with Gasteiger partial charge in [0.2, 0.25) is 0 Å². The van der Waals surface area contributed by atoms with Crippen LogP contribution in [-0.2, 0) is 5.41 Å². The number of hydrogen-bond acceptors (Lipinski definition) is 2. The lowest BCUT2D eigenvalue weighted by Crippen LogP contribution is -2.32. The molecule has 0 saturated heterocycles. The van der Waals surface area contributed by atoms with Crippen LogP contribution in [0.25, 0.3) is 0 Å². The second-order valence-electron chi connectivity index (χ2n) is 7.28. The molecule has 2 rings (SSSR count). The van der Waals surface area contributed by atoms with Crippen molar-refractivity contribution in [1.29, 1.82) is 0 Å². The Labute approximate surface area is 117 Å². The highest BCUT2D eigenvalue weighted by molar-refractivity contribution is 5.46. The van der Waals surface area contributed by atoms with Gasteiger partial charge in [-0.25, -0.2) is 0 Å². The van der Waals surface area contributed by atoms with Crippen LogP contribution >= 0.6 is 0 Å². The molecule has 1 aromatic carbocycles. The van der Waals surface area contributed by atoms with E-state index in [-0.39, 0.29) is 10.8 Å². The van der Waals surface area contributed by atoms with Gasteiger partial charge >= 0.3 is 0 Å². The van der Waals surface area contributed by atoms with Crippen molar-refractivity contribution in [3.05, 3.63) is 29.3 Å². The van der Waals surface area contributed by atoms with Crippen molar-refractivity contribution < 1.29 is 4.74 Å². The molecule has 0 aromatic heterocycles. The molecule has 1 aliphatic rings. The molecular formula is C17H27NO. The highest BCUT2D eigenvalue weighted by Crippen LogP contribution is 2.41. The lowest BCUT2D eigenvalue weighted by molar-refractivity contribution is 0.276. The molecule has 0 aliphatic carbocycles. The molecule has 1 heterocycles. The van der Waals surface area contributed by atoms with Crippen molar-refractivity contribution in [2.45, 2.75) is 53.0 Å². The van der Waals surface area contributed by atoms with Gasteiger partial charge in [-0.05, 0) is 29.7 Å². The lowest BCUT2D eigenvalue weighted by atomic mass is 9.79. The topological polar surface area (TPSA) is 21.3 Å². The van der Waals surface area contributed by atoms with Crippen molar-refractivity contribution in [3.63, 3.8) is 0 Å². The van der Waals surface area contributed by atoms with Gasteiger partial charge in [0.25, 0.3) is 0 Å². The van der Waals surface area contributed by atoms with E-state index in [1.54, 1.807) is 0 Å². The minimum absolute atomic E-state index is 0.125. The van der Waals surface area contributed by atoms with Crippen molar-refractivity contribution >= 4 is 0 Å². The zero-order valence-corrected chi connectivity index (χ0v) is 13.1. The summed E-state index contributed by atoms with van der Waals surface area (Å²) in [6.45, 7) is 15.3. The lowest BCUT2D eigenvalue weighted by Gasteiger charge is -2.32. The Bertz CT molecular complexity index is 457. The third-order valence-corrected chi connectivity index (χ3v) is 3.93. The van der Waals surface area contributed by atoms with Crippen molar-refractivity contribution in [2.75, 3.05) is 13.2 Å². The first-order chi connectivity index (χ1) is 8.75. The van der Waals surface area contributed by atoms with Gasteiger partial charge in [-0.15, -0.1) is 0 Å². The van der Waals surface area contributed by atoms with Crippen LogP contribution < -0.4 is 10.1 Å². The molecule has 0 saturated carbocycles. The number of benzene rings is 1. The largest absolute Gasteiger partial charge is 0.492 e. The van der Waals surface area contributed by atoms with Gasteiger partial charge in [-0.1, -0.05) is 47.6 Å². The van der Waals surface area contributed by atoms with Crippen LogP contribution in [0.4, 0.5) is 0 Å². The van der Waals surface area contributed by atoms with Crippen LogP contribution in [0.15, 0.2) is 18.2 Å². The van der Waals surface area contributed by atoms with Gasteiger partial charge in [-0.2, -0.15) is 0 Å². The van der Waals surface area contributed by atoms with E-state index in [0.29, 0.717) is 6.04 Å². The Hall–Kier alpha value is -1.02. The van der Waals surface area contributed by atoms with E-state index >= 15 is 0 Å². The predicted octanol–water partition coefficient (Wildman–Crippen LogP) is 4.05. The van der Waals surface area contributed by atoms with E-state index in [4.69, 9.17) is 4.74 Å². The highest BCUT2D eigenvalue weighted by atomic mass is 16.5. The maximum Gasteiger partial charge on any atom is 0.123 e. The summed E-state index contributed by atoms with van der Waals surface area (Å²) in [5.74, 6) is 1.05. The van der Waals surface area contributed by atoms with E-state index in [9.17, 15) is 0 Å². The number of rotatable bonds is 3. The van der Waals surface area contributed by atoms with E-state index in [0.717, 1.165) is 18.9 Å². The number of hydrogen-bond donors (Lipinski definition) is 1. The maximum absolute atomic E-state index is 5.77. The second-order valence-corrected chi connectivity index (χ2v) is 7.28. The quantitative estimate of drug-likeness (QED) is 0.886. The Kier molecular flexibility index (Phi) is 3.65. The molecule has 0 bridgehead atoms. The molecule has 0 fully saturated rings. The molecule has 0 radical (unpaired) electrons. The van der Waals surface area contributed by atoms with Gasteiger partial charge in [-0.3, -0.25) is 0 Å². The van der Waals surface area contributed by atoms with Crippen LogP contribution in [0, 0.1) is 5.41 Å². The number of ether oxygens (including phenoxy) is 1. The Balaban J connectivity index is 2.41. The van der Waals surface area contributed by atoms with Gasteiger partial charge in [0.1, 0.15) is 5.75 Å². The number of fused-ring (bicyclic) bond motifs is 1. The zero-order valence-electron chi connectivity index (χ0n) is 13.1. The third-order valence-electron chi connectivity index (χ3n) is 3.93. The fraction of sp³-hybridized carbons (Fsp3) is 0.647. The Morgan fingerprint density at radius 2 is 2.00 bits per heavy atom. The van der Waals surface area contributed by atoms with Crippen LogP contribution in [0.2, 0.25) is 0 Å². The minimum atomic E-state index is 0.125. The average Bonchev–Trinajstić information content (AvgIpc) is 2.61. The van der Waals surface area contributed by atoms with Crippen molar-refractivity contribution in [3.8, 4) is 5.75 Å². The fourth-order valence-corrected chi connectivity index (χ4v) is 2.85. The summed E-state index contributed by atoms with van der Waals surface area (Å²) in [6, 6.07) is 7.05. The minimum Gasteiger partial charge on any atom is -0.492 e. The number of nitrogens with one attached hydrogen (secondary N) is 1. The molecule has 106 valence electrons. The van der Waals surface area contributed by atoms with E-state index < -0.39 is 0 Å². The molecule has 1 aromatic rings. The fourth-order valence-electron chi connectivity index (χ4n) is 2.85. The second kappa shape index (κ2) is 4.82. The molecule has 2 heteroatoms. The van der Waals surface area contributed by atoms with Crippen LogP contribution in [0.1, 0.15) is 58.7 Å². The molecule has 0 spiro atoms. The molecule has 2 nitrogen and oxygen atoms in total. The SMILES string of the molecule is CCNC(c1ccc2c(c1)C(C)(C)CO2)C(C)(C)C. The molecule has 0 amide bonds. The summed E-state index contributed by atoms with van der Waals surface area (Å²) in [7, 11) is 0. The molecule has 1 N–H and O–H groups in total. The van der Waals surface area contributed by atoms with Gasteiger partial charge < -0.3 is 10.1 Å². The summed E-state index contributed by atoms with van der Waals surface area (Å²) < 4.78 is 5.77. The highest BCUT2D eigenvalue weighted by Gasteiger charge is 2.33. The van der Waals surface area contributed by atoms with Crippen molar-refractivity contribution in [2.24, 2.45) is 5.41 Å². The Morgan fingerprint density at radius 1 is 1.32 bits per heavy atom. The predicted molar refractivity (Wildman–Crippen MR) is 80.8 cm³/mol. The van der Waals surface area contributed by atoms with Crippen LogP contribution in [-0.4, -0.2) is 13.2 Å². The first-order valence-corrected chi connectivity index (χ1v) is 7.26. The first kappa shape index (κ1) is 14.4. The zero-order chi connectivity index (χ0) is 14.3. The standard InChI is InChI=1S/C17H27NO/c1-7-18-15(16(2,3)4)12-8-9-14-13(10-12)17(5,6)11-19-14/h8-10,15,18H,7,11H2,1-6H3. The Morgan fingerprint density at radius 3 is 2.58 bits per heavy atom. The maximum atomic E-state index is 5.77.